The lowest BCUT2D eigenvalue weighted by molar-refractivity contribution is 0.470. The molecule has 2 aromatic rings. The van der Waals surface area contributed by atoms with Crippen LogP contribution >= 0.6 is 23.2 Å². The molecule has 1 unspecified atom stereocenters. The van der Waals surface area contributed by atoms with Crippen LogP contribution in [-0.4, -0.2) is 21.7 Å². The summed E-state index contributed by atoms with van der Waals surface area (Å²) in [6, 6.07) is 12.0. The van der Waals surface area contributed by atoms with Gasteiger partial charge in [-0.05, 0) is 54.3 Å². The monoisotopic (exact) mass is 397 g/mol. The Morgan fingerprint density at radius 2 is 1.80 bits per heavy atom. The maximum Gasteiger partial charge on any atom is 0.151 e. The Morgan fingerprint density at radius 1 is 1.04 bits per heavy atom. The lowest BCUT2D eigenvalue weighted by Gasteiger charge is -2.32. The molecule has 3 nitrogen and oxygen atoms in total. The maximum atomic E-state index is 11.6. The predicted molar refractivity (Wildman–Crippen MR) is 104 cm³/mol. The average Bonchev–Trinajstić information content (AvgIpc) is 2.55. The van der Waals surface area contributed by atoms with Crippen molar-refractivity contribution in [3.05, 3.63) is 68.7 Å². The van der Waals surface area contributed by atoms with Gasteiger partial charge in [0.25, 0.3) is 0 Å². The van der Waals surface area contributed by atoms with Crippen molar-refractivity contribution in [2.24, 2.45) is 0 Å². The Bertz CT molecular complexity index is 896. The molecule has 0 heterocycles. The van der Waals surface area contributed by atoms with E-state index in [2.05, 4.69) is 11.4 Å². The third-order valence-corrected chi connectivity index (χ3v) is 6.37. The highest BCUT2D eigenvalue weighted by Gasteiger charge is 2.28. The Balaban J connectivity index is 2.04. The Labute approximate surface area is 159 Å². The number of halogens is 2. The predicted octanol–water partition coefficient (Wildman–Crippen LogP) is 4.72. The molecule has 0 saturated heterocycles. The zero-order chi connectivity index (χ0) is 18.2. The molecule has 3 rings (SSSR count). The molecule has 2 atom stereocenters. The maximum absolute atomic E-state index is 11.6. The van der Waals surface area contributed by atoms with Crippen LogP contribution in [0.5, 0.6) is 0 Å². The summed E-state index contributed by atoms with van der Waals surface area (Å²) in [7, 11) is -1.11. The summed E-state index contributed by atoms with van der Waals surface area (Å²) in [5.74, 6) is 0.301. The molecule has 25 heavy (non-hydrogen) atoms. The Hall–Kier alpha value is -1.07. The number of rotatable bonds is 4. The van der Waals surface area contributed by atoms with Gasteiger partial charge in [0.2, 0.25) is 0 Å². The van der Waals surface area contributed by atoms with Crippen molar-refractivity contribution in [3.63, 3.8) is 0 Å². The van der Waals surface area contributed by atoms with E-state index < -0.39 is 9.84 Å². The highest BCUT2D eigenvalue weighted by Crippen LogP contribution is 2.42. The normalized spacial score (nSPS) is 20.3. The van der Waals surface area contributed by atoms with E-state index in [-0.39, 0.29) is 17.7 Å². The van der Waals surface area contributed by atoms with Crippen molar-refractivity contribution in [1.29, 1.82) is 0 Å². The van der Waals surface area contributed by atoms with Crippen LogP contribution < -0.4 is 5.32 Å². The summed E-state index contributed by atoms with van der Waals surface area (Å²) in [6.45, 7) is 0. The zero-order valence-electron chi connectivity index (χ0n) is 14.2. The second-order valence-electron chi connectivity index (χ2n) is 6.68. The minimum Gasteiger partial charge on any atom is -0.313 e. The zero-order valence-corrected chi connectivity index (χ0v) is 16.5. The van der Waals surface area contributed by atoms with E-state index in [1.807, 2.05) is 37.4 Å². The molecule has 0 spiro atoms. The van der Waals surface area contributed by atoms with E-state index in [9.17, 15) is 8.42 Å². The number of sulfone groups is 1. The van der Waals surface area contributed by atoms with Crippen molar-refractivity contribution in [1.82, 2.24) is 5.32 Å². The topological polar surface area (TPSA) is 46.2 Å². The molecule has 0 saturated carbocycles. The van der Waals surface area contributed by atoms with Gasteiger partial charge in [-0.3, -0.25) is 0 Å². The van der Waals surface area contributed by atoms with Gasteiger partial charge < -0.3 is 5.32 Å². The van der Waals surface area contributed by atoms with E-state index in [0.29, 0.717) is 10.0 Å². The molecule has 0 amide bonds. The summed E-state index contributed by atoms with van der Waals surface area (Å²) in [5.41, 5.74) is 4.37. The minimum absolute atomic E-state index is 0.0636. The van der Waals surface area contributed by atoms with E-state index in [0.717, 1.165) is 24.0 Å². The summed E-state index contributed by atoms with van der Waals surface area (Å²) in [4.78, 5) is 0. The highest BCUT2D eigenvalue weighted by atomic mass is 35.5. The molecule has 0 bridgehead atoms. The molecular weight excluding hydrogens is 377 g/mol. The van der Waals surface area contributed by atoms with Gasteiger partial charge in [0, 0.05) is 18.2 Å². The number of fused-ring (bicyclic) bond motifs is 1. The standard InChI is InChI=1S/C19H21Cl2NO2S/c1-22-19-8-6-14(13-4-7-17(20)18(21)10-13)15-5-3-12(9-16(15)19)11-25(2,23)24/h3-5,7,9-10,14,19,22H,6,8,11H2,1-2H3/t14?,19-/m0/s1. The quantitative estimate of drug-likeness (QED) is 0.811. The van der Waals surface area contributed by atoms with Crippen LogP contribution in [0.25, 0.3) is 0 Å². The third kappa shape index (κ3) is 4.20. The molecule has 6 heteroatoms. The van der Waals surface area contributed by atoms with Crippen molar-refractivity contribution in [2.45, 2.75) is 30.6 Å². The number of hydrogen-bond donors (Lipinski definition) is 1. The fourth-order valence-corrected chi connectivity index (χ4v) is 4.75. The van der Waals surface area contributed by atoms with Gasteiger partial charge >= 0.3 is 0 Å². The Morgan fingerprint density at radius 3 is 2.44 bits per heavy atom. The van der Waals surface area contributed by atoms with Gasteiger partial charge in [0.05, 0.1) is 15.8 Å². The van der Waals surface area contributed by atoms with Crippen LogP contribution in [0.15, 0.2) is 36.4 Å². The molecule has 0 radical (unpaired) electrons. The van der Waals surface area contributed by atoms with Crippen LogP contribution in [0.1, 0.15) is 47.1 Å². The van der Waals surface area contributed by atoms with Gasteiger partial charge in [-0.15, -0.1) is 0 Å². The van der Waals surface area contributed by atoms with E-state index >= 15 is 0 Å². The molecule has 1 aliphatic carbocycles. The lowest BCUT2D eigenvalue weighted by Crippen LogP contribution is -2.24. The smallest absolute Gasteiger partial charge is 0.151 e. The van der Waals surface area contributed by atoms with E-state index in [4.69, 9.17) is 23.2 Å². The van der Waals surface area contributed by atoms with Gasteiger partial charge in [-0.2, -0.15) is 0 Å². The van der Waals surface area contributed by atoms with Crippen LogP contribution in [0.4, 0.5) is 0 Å². The first-order valence-electron chi connectivity index (χ1n) is 8.21. The van der Waals surface area contributed by atoms with Crippen molar-refractivity contribution >= 4 is 33.0 Å². The van der Waals surface area contributed by atoms with Crippen molar-refractivity contribution in [2.75, 3.05) is 13.3 Å². The molecule has 0 aromatic heterocycles. The average molecular weight is 398 g/mol. The van der Waals surface area contributed by atoms with Gasteiger partial charge in [0.15, 0.2) is 9.84 Å². The number of nitrogens with one attached hydrogen (secondary N) is 1. The molecule has 2 aromatic carbocycles. The number of hydrogen-bond acceptors (Lipinski definition) is 3. The third-order valence-electron chi connectivity index (χ3n) is 4.77. The first kappa shape index (κ1) is 18.7. The second kappa shape index (κ2) is 7.28. The minimum atomic E-state index is -3.06. The molecule has 134 valence electrons. The Kier molecular flexibility index (Phi) is 5.45. The molecule has 0 fully saturated rings. The van der Waals surface area contributed by atoms with Gasteiger partial charge in [-0.1, -0.05) is 47.5 Å². The van der Waals surface area contributed by atoms with E-state index in [1.165, 1.54) is 17.4 Å². The van der Waals surface area contributed by atoms with Crippen LogP contribution in [-0.2, 0) is 15.6 Å². The number of benzene rings is 2. The van der Waals surface area contributed by atoms with Gasteiger partial charge in [0.1, 0.15) is 0 Å². The van der Waals surface area contributed by atoms with Crippen LogP contribution in [0.2, 0.25) is 10.0 Å². The summed E-state index contributed by atoms with van der Waals surface area (Å²) in [5, 5.41) is 4.46. The fourth-order valence-electron chi connectivity index (χ4n) is 3.66. The summed E-state index contributed by atoms with van der Waals surface area (Å²) < 4.78 is 23.3. The van der Waals surface area contributed by atoms with Crippen LogP contribution in [0.3, 0.4) is 0 Å². The first-order valence-corrected chi connectivity index (χ1v) is 11.0. The highest BCUT2D eigenvalue weighted by molar-refractivity contribution is 7.89. The molecule has 1 N–H and O–H groups in total. The molecule has 1 aliphatic rings. The summed E-state index contributed by atoms with van der Waals surface area (Å²) >= 11 is 12.3. The first-order chi connectivity index (χ1) is 11.8. The lowest BCUT2D eigenvalue weighted by atomic mass is 9.76. The SMILES string of the molecule is CN[C@H]1CCC(c2ccc(Cl)c(Cl)c2)c2ccc(CS(C)(=O)=O)cc21. The summed E-state index contributed by atoms with van der Waals surface area (Å²) in [6.07, 6.45) is 3.25. The van der Waals surface area contributed by atoms with Crippen molar-refractivity contribution < 1.29 is 8.42 Å². The van der Waals surface area contributed by atoms with Gasteiger partial charge in [-0.25, -0.2) is 8.42 Å². The van der Waals surface area contributed by atoms with E-state index in [1.54, 1.807) is 0 Å². The van der Waals surface area contributed by atoms with Crippen LogP contribution in [0, 0.1) is 0 Å². The largest absolute Gasteiger partial charge is 0.313 e. The fraction of sp³-hybridized carbons (Fsp3) is 0.368. The van der Waals surface area contributed by atoms with Crippen molar-refractivity contribution in [3.8, 4) is 0 Å². The second-order valence-corrected chi connectivity index (χ2v) is 9.63. The molecule has 0 aliphatic heterocycles. The molecular formula is C19H21Cl2NO2S.